The summed E-state index contributed by atoms with van der Waals surface area (Å²) in [5.41, 5.74) is 3.62. The van der Waals surface area contributed by atoms with Crippen molar-refractivity contribution in [2.75, 3.05) is 49.1 Å². The number of hydrogen-bond donors (Lipinski definition) is 0. The van der Waals surface area contributed by atoms with Gasteiger partial charge in [-0.15, -0.1) is 0 Å². The Labute approximate surface area is 210 Å². The molecule has 2 aliphatic heterocycles. The summed E-state index contributed by atoms with van der Waals surface area (Å²) in [7, 11) is 0. The fraction of sp³-hybridized carbons (Fsp3) is 0.423. The van der Waals surface area contributed by atoms with Crippen LogP contribution in [0.25, 0.3) is 0 Å². The fourth-order valence-corrected chi connectivity index (χ4v) is 5.69. The Balaban J connectivity index is 1.10. The first-order chi connectivity index (χ1) is 16.5. The Morgan fingerprint density at radius 3 is 2.44 bits per heavy atom. The number of anilines is 2. The van der Waals surface area contributed by atoms with E-state index < -0.39 is 0 Å². The van der Waals surface area contributed by atoms with E-state index in [1.54, 1.807) is 0 Å². The zero-order valence-corrected chi connectivity index (χ0v) is 21.1. The van der Waals surface area contributed by atoms with Crippen molar-refractivity contribution in [3.05, 3.63) is 70.5 Å². The topological polar surface area (TPSA) is 52.6 Å². The molecule has 0 radical (unpaired) electrons. The number of hydrogen-bond acceptors (Lipinski definition) is 6. The van der Waals surface area contributed by atoms with Gasteiger partial charge < -0.3 is 14.7 Å². The molecule has 8 heteroatoms. The Bertz CT molecular complexity index is 1120. The molecule has 3 heterocycles. The first-order valence-corrected chi connectivity index (χ1v) is 13.1. The van der Waals surface area contributed by atoms with Crippen molar-refractivity contribution in [2.24, 2.45) is 5.92 Å². The van der Waals surface area contributed by atoms with Crippen LogP contribution in [0.1, 0.15) is 29.8 Å². The van der Waals surface area contributed by atoms with Crippen molar-refractivity contribution in [3.63, 3.8) is 0 Å². The van der Waals surface area contributed by atoms with E-state index >= 15 is 0 Å². The largest absolute Gasteiger partial charge is 0.368 e. The van der Waals surface area contributed by atoms with Crippen LogP contribution < -0.4 is 9.80 Å². The number of aromatic nitrogens is 2. The highest BCUT2D eigenvalue weighted by Crippen LogP contribution is 2.27. The third-order valence-corrected chi connectivity index (χ3v) is 7.87. The zero-order chi connectivity index (χ0) is 23.5. The summed E-state index contributed by atoms with van der Waals surface area (Å²) in [4.78, 5) is 24.6. The zero-order valence-electron chi connectivity index (χ0n) is 19.5. The SMILES string of the molecule is Cc1ccc(Cc2nsc(N3CCC(C(=O)N4CCN(c5cccc(Cl)c5)CC4)CC3)n2)cc1. The summed E-state index contributed by atoms with van der Waals surface area (Å²) in [6.45, 7) is 7.04. The predicted octanol–water partition coefficient (Wildman–Crippen LogP) is 4.66. The van der Waals surface area contributed by atoms with Gasteiger partial charge in [0.1, 0.15) is 5.82 Å². The molecule has 0 atom stereocenters. The van der Waals surface area contributed by atoms with Gasteiger partial charge in [-0.3, -0.25) is 4.79 Å². The predicted molar refractivity (Wildman–Crippen MR) is 139 cm³/mol. The molecule has 178 valence electrons. The molecule has 0 N–H and O–H groups in total. The van der Waals surface area contributed by atoms with Crippen molar-refractivity contribution in [3.8, 4) is 0 Å². The maximum Gasteiger partial charge on any atom is 0.225 e. The van der Waals surface area contributed by atoms with Gasteiger partial charge in [0.15, 0.2) is 0 Å². The fourth-order valence-electron chi connectivity index (χ4n) is 4.77. The van der Waals surface area contributed by atoms with Crippen LogP contribution in [-0.4, -0.2) is 59.4 Å². The van der Waals surface area contributed by atoms with Crippen molar-refractivity contribution in [1.82, 2.24) is 14.3 Å². The van der Waals surface area contributed by atoms with E-state index in [9.17, 15) is 4.79 Å². The molecule has 2 aliphatic rings. The van der Waals surface area contributed by atoms with Crippen molar-refractivity contribution in [2.45, 2.75) is 26.2 Å². The van der Waals surface area contributed by atoms with Crippen LogP contribution in [0.3, 0.4) is 0 Å². The van der Waals surface area contributed by atoms with E-state index in [1.807, 2.05) is 23.1 Å². The first-order valence-electron chi connectivity index (χ1n) is 12.0. The summed E-state index contributed by atoms with van der Waals surface area (Å²) in [5, 5.41) is 1.73. The van der Waals surface area contributed by atoms with Crippen LogP contribution in [-0.2, 0) is 11.2 Å². The normalized spacial score (nSPS) is 17.3. The van der Waals surface area contributed by atoms with E-state index in [0.717, 1.165) is 80.2 Å². The highest BCUT2D eigenvalue weighted by Gasteiger charge is 2.31. The Morgan fingerprint density at radius 2 is 1.74 bits per heavy atom. The monoisotopic (exact) mass is 495 g/mol. The second kappa shape index (κ2) is 10.3. The van der Waals surface area contributed by atoms with Crippen LogP contribution in [0, 0.1) is 12.8 Å². The van der Waals surface area contributed by atoms with Crippen LogP contribution in [0.4, 0.5) is 10.8 Å². The van der Waals surface area contributed by atoms with Crippen LogP contribution in [0.5, 0.6) is 0 Å². The highest BCUT2D eigenvalue weighted by atomic mass is 35.5. The average Bonchev–Trinajstić information content (AvgIpc) is 3.34. The molecule has 1 amide bonds. The average molecular weight is 496 g/mol. The van der Waals surface area contributed by atoms with E-state index in [2.05, 4.69) is 51.4 Å². The summed E-state index contributed by atoms with van der Waals surface area (Å²) < 4.78 is 4.57. The van der Waals surface area contributed by atoms with Gasteiger partial charge >= 0.3 is 0 Å². The van der Waals surface area contributed by atoms with Gasteiger partial charge in [0.25, 0.3) is 0 Å². The Kier molecular flexibility index (Phi) is 7.02. The molecule has 2 saturated heterocycles. The van der Waals surface area contributed by atoms with E-state index in [-0.39, 0.29) is 5.92 Å². The number of benzene rings is 2. The van der Waals surface area contributed by atoms with Crippen molar-refractivity contribution >= 4 is 39.9 Å². The van der Waals surface area contributed by atoms with Gasteiger partial charge in [-0.1, -0.05) is 47.5 Å². The van der Waals surface area contributed by atoms with Crippen LogP contribution in [0.2, 0.25) is 5.02 Å². The number of nitrogens with zero attached hydrogens (tertiary/aromatic N) is 5. The number of carbonyl (C=O) groups is 1. The lowest BCUT2D eigenvalue weighted by Gasteiger charge is -2.39. The Hall–Kier alpha value is -2.64. The molecule has 5 rings (SSSR count). The molecule has 3 aromatic rings. The number of piperidine rings is 1. The smallest absolute Gasteiger partial charge is 0.225 e. The van der Waals surface area contributed by atoms with Crippen LogP contribution >= 0.6 is 23.1 Å². The maximum atomic E-state index is 13.2. The molecule has 6 nitrogen and oxygen atoms in total. The Morgan fingerprint density at radius 1 is 1.00 bits per heavy atom. The molecule has 1 aromatic heterocycles. The molecular weight excluding hydrogens is 466 g/mol. The number of amides is 1. The second-order valence-electron chi connectivity index (χ2n) is 9.21. The number of piperazine rings is 1. The number of aryl methyl sites for hydroxylation is 1. The van der Waals surface area contributed by atoms with E-state index in [4.69, 9.17) is 16.6 Å². The summed E-state index contributed by atoms with van der Waals surface area (Å²) in [6, 6.07) is 16.5. The van der Waals surface area contributed by atoms with Crippen molar-refractivity contribution in [1.29, 1.82) is 0 Å². The highest BCUT2D eigenvalue weighted by molar-refractivity contribution is 7.09. The quantitative estimate of drug-likeness (QED) is 0.515. The number of carbonyl (C=O) groups excluding carboxylic acids is 1. The number of rotatable bonds is 5. The van der Waals surface area contributed by atoms with Crippen LogP contribution in [0.15, 0.2) is 48.5 Å². The minimum Gasteiger partial charge on any atom is -0.368 e. The van der Waals surface area contributed by atoms with Gasteiger partial charge in [0.2, 0.25) is 11.0 Å². The molecule has 0 spiro atoms. The van der Waals surface area contributed by atoms with E-state index in [1.165, 1.54) is 22.7 Å². The minimum atomic E-state index is 0.105. The van der Waals surface area contributed by atoms with Gasteiger partial charge in [-0.2, -0.15) is 4.37 Å². The lowest BCUT2D eigenvalue weighted by atomic mass is 9.95. The summed E-state index contributed by atoms with van der Waals surface area (Å²) in [6.07, 6.45) is 2.51. The van der Waals surface area contributed by atoms with Gasteiger partial charge in [0, 0.05) is 73.8 Å². The molecule has 0 aliphatic carbocycles. The summed E-state index contributed by atoms with van der Waals surface area (Å²) >= 11 is 7.61. The molecule has 0 unspecified atom stereocenters. The third-order valence-electron chi connectivity index (χ3n) is 6.82. The van der Waals surface area contributed by atoms with Crippen molar-refractivity contribution < 1.29 is 4.79 Å². The maximum absolute atomic E-state index is 13.2. The van der Waals surface area contributed by atoms with Gasteiger partial charge in [-0.05, 0) is 43.5 Å². The van der Waals surface area contributed by atoms with Gasteiger partial charge in [-0.25, -0.2) is 4.98 Å². The second-order valence-corrected chi connectivity index (χ2v) is 10.4. The molecule has 2 fully saturated rings. The first kappa shape index (κ1) is 23.1. The molecule has 34 heavy (non-hydrogen) atoms. The lowest BCUT2D eigenvalue weighted by Crippen LogP contribution is -2.51. The lowest BCUT2D eigenvalue weighted by molar-refractivity contribution is -0.136. The molecule has 0 saturated carbocycles. The summed E-state index contributed by atoms with van der Waals surface area (Å²) in [5.74, 6) is 1.29. The van der Waals surface area contributed by atoms with Gasteiger partial charge in [0.05, 0.1) is 0 Å². The number of halogens is 1. The van der Waals surface area contributed by atoms with E-state index in [0.29, 0.717) is 5.91 Å². The molecule has 2 aromatic carbocycles. The molecule has 0 bridgehead atoms. The minimum absolute atomic E-state index is 0.105. The third kappa shape index (κ3) is 5.36. The standard InChI is InChI=1S/C26H30ClN5OS/c1-19-5-7-20(8-6-19)17-24-28-26(34-29-24)32-11-9-21(10-12-32)25(33)31-15-13-30(14-16-31)23-4-2-3-22(27)18-23/h2-8,18,21H,9-17H2,1H3. The molecular formula is C26H30ClN5OS.